The molecule has 9 heteroatoms. The summed E-state index contributed by atoms with van der Waals surface area (Å²) in [5.41, 5.74) is 1.74. The van der Waals surface area contributed by atoms with E-state index < -0.39 is 12.0 Å². The van der Waals surface area contributed by atoms with Crippen molar-refractivity contribution in [3.05, 3.63) is 90.4 Å². The Bertz CT molecular complexity index is 1450. The van der Waals surface area contributed by atoms with Crippen molar-refractivity contribution in [2.24, 2.45) is 4.99 Å². The molecule has 2 aromatic carbocycles. The Balaban J connectivity index is 1.96. The second kappa shape index (κ2) is 9.64. The van der Waals surface area contributed by atoms with E-state index in [1.165, 1.54) is 42.3 Å². The molecule has 1 aromatic heterocycles. The normalized spacial score (nSPS) is 15.6. The number of halogens is 1. The number of esters is 1. The fraction of sp³-hybridized carbons (Fsp3) is 0.240. The van der Waals surface area contributed by atoms with Gasteiger partial charge in [0.1, 0.15) is 5.82 Å². The van der Waals surface area contributed by atoms with Crippen LogP contribution in [0.15, 0.2) is 63.5 Å². The molecule has 3 aromatic rings. The van der Waals surface area contributed by atoms with E-state index in [1.807, 2.05) is 0 Å². The van der Waals surface area contributed by atoms with Crippen LogP contribution in [0.3, 0.4) is 0 Å². The smallest absolute Gasteiger partial charge is 0.338 e. The molecule has 0 amide bonds. The van der Waals surface area contributed by atoms with Gasteiger partial charge in [-0.05, 0) is 55.3 Å². The van der Waals surface area contributed by atoms with Crippen molar-refractivity contribution in [1.82, 2.24) is 4.57 Å². The second-order valence-corrected chi connectivity index (χ2v) is 8.48. The summed E-state index contributed by atoms with van der Waals surface area (Å²) >= 11 is 1.20. The molecule has 0 N–H and O–H groups in total. The number of methoxy groups -OCH3 is 2. The SMILES string of the molecule is CCOC(=O)C1=C(C)N=c2s/c(=C/c3ccc(F)cc3)c(=O)n2[C@@H]1c1ccc(OC)c(OC)c1. The lowest BCUT2D eigenvalue weighted by Gasteiger charge is -2.25. The third-order valence-corrected chi connectivity index (χ3v) is 6.39. The standard InChI is InChI=1S/C25H23FN2O5S/c1-5-33-24(30)21-14(2)27-25-28(22(21)16-8-11-18(31-3)19(13-16)32-4)23(29)20(34-25)12-15-6-9-17(26)10-7-15/h6-13,22H,5H2,1-4H3/b20-12+/t22-/m1/s1. The second-order valence-electron chi connectivity index (χ2n) is 7.47. The van der Waals surface area contributed by atoms with Gasteiger partial charge in [0.15, 0.2) is 16.3 Å². The average Bonchev–Trinajstić information content (AvgIpc) is 3.13. The molecule has 7 nitrogen and oxygen atoms in total. The van der Waals surface area contributed by atoms with E-state index in [9.17, 15) is 14.0 Å². The van der Waals surface area contributed by atoms with Crippen LogP contribution in [-0.2, 0) is 9.53 Å². The van der Waals surface area contributed by atoms with Crippen molar-refractivity contribution in [2.75, 3.05) is 20.8 Å². The molecule has 176 valence electrons. The number of allylic oxidation sites excluding steroid dienone is 1. The van der Waals surface area contributed by atoms with Gasteiger partial charge in [0.25, 0.3) is 5.56 Å². The number of carbonyl (C=O) groups is 1. The molecule has 0 saturated carbocycles. The highest BCUT2D eigenvalue weighted by Gasteiger charge is 2.33. The van der Waals surface area contributed by atoms with Crippen molar-refractivity contribution in [1.29, 1.82) is 0 Å². The molecule has 4 rings (SSSR count). The van der Waals surface area contributed by atoms with E-state index >= 15 is 0 Å². The van der Waals surface area contributed by atoms with Crippen molar-refractivity contribution in [3.8, 4) is 11.5 Å². The molecule has 0 bridgehead atoms. The van der Waals surface area contributed by atoms with Crippen LogP contribution >= 0.6 is 11.3 Å². The van der Waals surface area contributed by atoms with Gasteiger partial charge in [-0.25, -0.2) is 14.2 Å². The number of hydrogen-bond acceptors (Lipinski definition) is 7. The Hall–Kier alpha value is -3.72. The lowest BCUT2D eigenvalue weighted by atomic mass is 9.95. The maximum atomic E-state index is 13.6. The van der Waals surface area contributed by atoms with E-state index in [0.717, 1.165) is 0 Å². The van der Waals surface area contributed by atoms with E-state index in [4.69, 9.17) is 14.2 Å². The van der Waals surface area contributed by atoms with Gasteiger partial charge in [-0.15, -0.1) is 0 Å². The van der Waals surface area contributed by atoms with E-state index in [-0.39, 0.29) is 23.6 Å². The molecule has 2 heterocycles. The van der Waals surface area contributed by atoms with Crippen LogP contribution in [0.5, 0.6) is 11.5 Å². The lowest BCUT2D eigenvalue weighted by molar-refractivity contribution is -0.139. The van der Waals surface area contributed by atoms with Crippen molar-refractivity contribution >= 4 is 23.4 Å². The third kappa shape index (κ3) is 4.26. The van der Waals surface area contributed by atoms with Gasteiger partial charge in [-0.1, -0.05) is 29.5 Å². The van der Waals surface area contributed by atoms with E-state index in [2.05, 4.69) is 4.99 Å². The van der Waals surface area contributed by atoms with Crippen LogP contribution in [0.25, 0.3) is 6.08 Å². The molecule has 34 heavy (non-hydrogen) atoms. The summed E-state index contributed by atoms with van der Waals surface area (Å²) in [6, 6.07) is 10.3. The first kappa shape index (κ1) is 23.4. The monoisotopic (exact) mass is 482 g/mol. The summed E-state index contributed by atoms with van der Waals surface area (Å²) in [6.45, 7) is 3.62. The van der Waals surface area contributed by atoms with Crippen LogP contribution in [0, 0.1) is 5.82 Å². The first-order valence-electron chi connectivity index (χ1n) is 10.5. The van der Waals surface area contributed by atoms with Crippen molar-refractivity contribution in [3.63, 3.8) is 0 Å². The molecule has 1 aliphatic rings. The number of thiazole rings is 1. The summed E-state index contributed by atoms with van der Waals surface area (Å²) in [5.74, 6) is 0.0813. The zero-order valence-electron chi connectivity index (χ0n) is 19.1. The average molecular weight is 483 g/mol. The molecule has 0 unspecified atom stereocenters. The molecule has 0 aliphatic carbocycles. The summed E-state index contributed by atoms with van der Waals surface area (Å²) in [7, 11) is 3.05. The minimum absolute atomic E-state index is 0.184. The molecular weight excluding hydrogens is 459 g/mol. The Labute approximate surface area is 199 Å². The zero-order chi connectivity index (χ0) is 24.4. The number of benzene rings is 2. The highest BCUT2D eigenvalue weighted by atomic mass is 32.1. The number of nitrogens with zero attached hydrogens (tertiary/aromatic N) is 2. The molecule has 0 spiro atoms. The summed E-state index contributed by atoms with van der Waals surface area (Å²) in [5, 5.41) is 0. The fourth-order valence-corrected chi connectivity index (χ4v) is 4.89. The molecule has 1 atom stereocenters. The number of ether oxygens (including phenoxy) is 3. The minimum Gasteiger partial charge on any atom is -0.493 e. The number of hydrogen-bond donors (Lipinski definition) is 0. The minimum atomic E-state index is -0.773. The van der Waals surface area contributed by atoms with Gasteiger partial charge in [-0.2, -0.15) is 0 Å². The number of rotatable bonds is 6. The lowest BCUT2D eigenvalue weighted by Crippen LogP contribution is -2.39. The fourth-order valence-electron chi connectivity index (χ4n) is 3.84. The van der Waals surface area contributed by atoms with Gasteiger partial charge >= 0.3 is 5.97 Å². The Kier molecular flexibility index (Phi) is 6.65. The van der Waals surface area contributed by atoms with Crippen LogP contribution in [0.4, 0.5) is 4.39 Å². The Morgan fingerprint density at radius 1 is 1.15 bits per heavy atom. The van der Waals surface area contributed by atoms with Crippen molar-refractivity contribution < 1.29 is 23.4 Å². The predicted molar refractivity (Wildman–Crippen MR) is 126 cm³/mol. The van der Waals surface area contributed by atoms with E-state index in [0.29, 0.717) is 37.7 Å². The van der Waals surface area contributed by atoms with Crippen LogP contribution in [0.2, 0.25) is 0 Å². The number of carbonyl (C=O) groups excluding carboxylic acids is 1. The Morgan fingerprint density at radius 3 is 2.50 bits per heavy atom. The van der Waals surface area contributed by atoms with Crippen molar-refractivity contribution in [2.45, 2.75) is 19.9 Å². The van der Waals surface area contributed by atoms with E-state index in [1.54, 1.807) is 50.3 Å². The topological polar surface area (TPSA) is 79.1 Å². The molecular formula is C25H23FN2O5S. The van der Waals surface area contributed by atoms with Gasteiger partial charge in [0.05, 0.1) is 42.7 Å². The molecule has 1 aliphatic heterocycles. The predicted octanol–water partition coefficient (Wildman–Crippen LogP) is 2.95. The Morgan fingerprint density at radius 2 is 1.85 bits per heavy atom. The first-order chi connectivity index (χ1) is 16.4. The van der Waals surface area contributed by atoms with Gasteiger partial charge in [0.2, 0.25) is 0 Å². The highest BCUT2D eigenvalue weighted by Crippen LogP contribution is 2.36. The largest absolute Gasteiger partial charge is 0.493 e. The summed E-state index contributed by atoms with van der Waals surface area (Å²) in [4.78, 5) is 31.5. The maximum Gasteiger partial charge on any atom is 0.338 e. The number of aromatic nitrogens is 1. The van der Waals surface area contributed by atoms with Gasteiger partial charge in [0, 0.05) is 0 Å². The van der Waals surface area contributed by atoms with Gasteiger partial charge < -0.3 is 14.2 Å². The highest BCUT2D eigenvalue weighted by molar-refractivity contribution is 7.07. The molecule has 0 fully saturated rings. The first-order valence-corrected chi connectivity index (χ1v) is 11.4. The molecule has 0 saturated heterocycles. The van der Waals surface area contributed by atoms with Gasteiger partial charge in [-0.3, -0.25) is 9.36 Å². The molecule has 0 radical (unpaired) electrons. The maximum absolute atomic E-state index is 13.6. The zero-order valence-corrected chi connectivity index (χ0v) is 19.9. The number of fused-ring (bicyclic) bond motifs is 1. The van der Waals surface area contributed by atoms with Crippen LogP contribution in [-0.4, -0.2) is 31.4 Å². The third-order valence-electron chi connectivity index (χ3n) is 5.41. The quantitative estimate of drug-likeness (QED) is 0.505. The summed E-state index contributed by atoms with van der Waals surface area (Å²) in [6.07, 6.45) is 1.68. The van der Waals surface area contributed by atoms with Crippen LogP contribution < -0.4 is 24.4 Å². The summed E-state index contributed by atoms with van der Waals surface area (Å²) < 4.78 is 31.3. The van der Waals surface area contributed by atoms with Crippen LogP contribution in [0.1, 0.15) is 31.0 Å².